The molecule has 1 atom stereocenters. The molecule has 1 amide bonds. The van der Waals surface area contributed by atoms with Crippen molar-refractivity contribution in [2.45, 2.75) is 26.3 Å². The first-order valence-electron chi connectivity index (χ1n) is 9.82. The highest BCUT2D eigenvalue weighted by atomic mass is 16.3. The van der Waals surface area contributed by atoms with E-state index in [1.54, 1.807) is 17.3 Å². The zero-order chi connectivity index (χ0) is 20.7. The van der Waals surface area contributed by atoms with Gasteiger partial charge in [0.05, 0.1) is 17.0 Å². The maximum Gasteiger partial charge on any atom is 0.290 e. The van der Waals surface area contributed by atoms with Crippen molar-refractivity contribution in [1.82, 2.24) is 14.8 Å². The highest BCUT2D eigenvalue weighted by Gasteiger charge is 2.42. The molecular weight excluding hydrogens is 366 g/mol. The first kappa shape index (κ1) is 19.3. The highest BCUT2D eigenvalue weighted by Crippen LogP contribution is 2.38. The van der Waals surface area contributed by atoms with Crippen LogP contribution in [0.2, 0.25) is 0 Å². The Morgan fingerprint density at radius 2 is 1.79 bits per heavy atom. The fourth-order valence-electron chi connectivity index (χ4n) is 3.96. The van der Waals surface area contributed by atoms with Crippen LogP contribution >= 0.6 is 0 Å². The molecule has 4 rings (SSSR count). The Morgan fingerprint density at radius 3 is 2.48 bits per heavy atom. The van der Waals surface area contributed by atoms with Gasteiger partial charge in [0.1, 0.15) is 5.58 Å². The molecule has 29 heavy (non-hydrogen) atoms. The van der Waals surface area contributed by atoms with Crippen molar-refractivity contribution < 1.29 is 9.21 Å². The van der Waals surface area contributed by atoms with Crippen LogP contribution in [0, 0.1) is 13.8 Å². The fourth-order valence-corrected chi connectivity index (χ4v) is 3.96. The van der Waals surface area contributed by atoms with Crippen molar-refractivity contribution in [2.75, 3.05) is 27.2 Å². The Bertz CT molecular complexity index is 1140. The van der Waals surface area contributed by atoms with Crippen molar-refractivity contribution in [3.63, 3.8) is 0 Å². The molecule has 0 fully saturated rings. The van der Waals surface area contributed by atoms with E-state index in [0.29, 0.717) is 23.1 Å². The molecule has 3 heterocycles. The fraction of sp³-hybridized carbons (Fsp3) is 0.348. The Hall–Kier alpha value is -2.99. The van der Waals surface area contributed by atoms with Gasteiger partial charge in [-0.05, 0) is 81.9 Å². The zero-order valence-corrected chi connectivity index (χ0v) is 17.2. The number of aryl methyl sites for hydroxylation is 2. The lowest BCUT2D eigenvalue weighted by Crippen LogP contribution is -2.32. The smallest absolute Gasteiger partial charge is 0.290 e. The Kier molecular flexibility index (Phi) is 4.96. The number of amides is 1. The van der Waals surface area contributed by atoms with Gasteiger partial charge in [0, 0.05) is 18.9 Å². The summed E-state index contributed by atoms with van der Waals surface area (Å²) in [5.41, 5.74) is 3.69. The summed E-state index contributed by atoms with van der Waals surface area (Å²) in [4.78, 5) is 34.7. The number of fused-ring (bicyclic) bond motifs is 2. The summed E-state index contributed by atoms with van der Waals surface area (Å²) in [6.45, 7) is 5.34. The second kappa shape index (κ2) is 7.44. The van der Waals surface area contributed by atoms with E-state index >= 15 is 0 Å². The lowest BCUT2D eigenvalue weighted by Gasteiger charge is -2.25. The van der Waals surface area contributed by atoms with Crippen LogP contribution in [0.3, 0.4) is 0 Å². The predicted molar refractivity (Wildman–Crippen MR) is 112 cm³/mol. The molecule has 1 aliphatic heterocycles. The normalized spacial score (nSPS) is 16.1. The Labute approximate surface area is 169 Å². The Morgan fingerprint density at radius 1 is 1.10 bits per heavy atom. The molecule has 0 aliphatic carbocycles. The third-order valence-electron chi connectivity index (χ3n) is 5.61. The molecule has 0 saturated carbocycles. The zero-order valence-electron chi connectivity index (χ0n) is 17.2. The summed E-state index contributed by atoms with van der Waals surface area (Å²) in [5, 5.41) is 0.522. The second-order valence-corrected chi connectivity index (χ2v) is 7.95. The first-order chi connectivity index (χ1) is 13.9. The number of carbonyl (C=O) groups excluding carboxylic acids is 1. The van der Waals surface area contributed by atoms with E-state index in [-0.39, 0.29) is 17.1 Å². The molecule has 2 aromatic heterocycles. The number of carbonyl (C=O) groups is 1. The summed E-state index contributed by atoms with van der Waals surface area (Å²) < 4.78 is 6.03. The van der Waals surface area contributed by atoms with Gasteiger partial charge in [0.2, 0.25) is 5.76 Å². The quantitative estimate of drug-likeness (QED) is 0.668. The molecule has 6 nitrogen and oxygen atoms in total. The van der Waals surface area contributed by atoms with Crippen LogP contribution in [-0.4, -0.2) is 47.9 Å². The topological polar surface area (TPSA) is 66.7 Å². The first-order valence-corrected chi connectivity index (χ1v) is 9.82. The van der Waals surface area contributed by atoms with Crippen molar-refractivity contribution in [3.8, 4) is 0 Å². The van der Waals surface area contributed by atoms with Gasteiger partial charge in [0.25, 0.3) is 5.91 Å². The lowest BCUT2D eigenvalue weighted by molar-refractivity contribution is 0.0722. The van der Waals surface area contributed by atoms with Gasteiger partial charge in [-0.15, -0.1) is 0 Å². The van der Waals surface area contributed by atoms with Crippen molar-refractivity contribution >= 4 is 16.9 Å². The third kappa shape index (κ3) is 3.34. The lowest BCUT2D eigenvalue weighted by atomic mass is 9.98. The van der Waals surface area contributed by atoms with E-state index in [1.165, 1.54) is 0 Å². The molecule has 1 unspecified atom stereocenters. The maximum atomic E-state index is 13.5. The number of nitrogens with zero attached hydrogens (tertiary/aromatic N) is 3. The average molecular weight is 391 g/mol. The highest BCUT2D eigenvalue weighted by molar-refractivity contribution is 5.99. The number of hydrogen-bond acceptors (Lipinski definition) is 5. The van der Waals surface area contributed by atoms with Crippen LogP contribution in [-0.2, 0) is 0 Å². The maximum absolute atomic E-state index is 13.5. The molecule has 0 bridgehead atoms. The van der Waals surface area contributed by atoms with Crippen molar-refractivity contribution in [2.24, 2.45) is 0 Å². The molecule has 1 aromatic carbocycles. The van der Waals surface area contributed by atoms with E-state index < -0.39 is 6.04 Å². The Balaban J connectivity index is 1.89. The van der Waals surface area contributed by atoms with Gasteiger partial charge in [-0.3, -0.25) is 14.6 Å². The van der Waals surface area contributed by atoms with Crippen LogP contribution in [0.15, 0.2) is 45.9 Å². The van der Waals surface area contributed by atoms with Crippen molar-refractivity contribution in [1.29, 1.82) is 0 Å². The van der Waals surface area contributed by atoms with Gasteiger partial charge >= 0.3 is 0 Å². The van der Waals surface area contributed by atoms with E-state index in [1.807, 2.05) is 52.2 Å². The SMILES string of the molecule is Cc1cc2oc3c(c(=O)c2cc1C)C(c1ccncc1)N(CCCN(C)C)C3=O. The number of pyridine rings is 1. The minimum absolute atomic E-state index is 0.130. The summed E-state index contributed by atoms with van der Waals surface area (Å²) in [5.74, 6) is -0.0600. The van der Waals surface area contributed by atoms with Gasteiger partial charge < -0.3 is 14.2 Å². The number of benzene rings is 1. The third-order valence-corrected chi connectivity index (χ3v) is 5.61. The van der Waals surface area contributed by atoms with Crippen LogP contribution < -0.4 is 5.43 Å². The van der Waals surface area contributed by atoms with Gasteiger partial charge in [-0.1, -0.05) is 0 Å². The number of rotatable bonds is 5. The number of aromatic nitrogens is 1. The van der Waals surface area contributed by atoms with Crippen LogP contribution in [0.25, 0.3) is 11.0 Å². The number of hydrogen-bond donors (Lipinski definition) is 0. The second-order valence-electron chi connectivity index (χ2n) is 7.95. The van der Waals surface area contributed by atoms with Crippen LogP contribution in [0.5, 0.6) is 0 Å². The van der Waals surface area contributed by atoms with Crippen LogP contribution in [0.4, 0.5) is 0 Å². The molecule has 150 valence electrons. The summed E-state index contributed by atoms with van der Waals surface area (Å²) in [6, 6.07) is 6.96. The monoisotopic (exact) mass is 391 g/mol. The molecule has 3 aromatic rings. The van der Waals surface area contributed by atoms with Crippen molar-refractivity contribution in [3.05, 3.63) is 74.9 Å². The molecule has 0 N–H and O–H groups in total. The largest absolute Gasteiger partial charge is 0.450 e. The minimum Gasteiger partial charge on any atom is -0.450 e. The molecular formula is C23H25N3O3. The molecule has 0 radical (unpaired) electrons. The standard InChI is InChI=1S/C23H25N3O3/c1-14-12-17-18(13-15(14)2)29-22-19(21(17)27)20(16-6-8-24-9-7-16)26(23(22)28)11-5-10-25(3)4/h6-9,12-13,20H,5,10-11H2,1-4H3. The van der Waals surface area contributed by atoms with Gasteiger partial charge in [-0.25, -0.2) is 0 Å². The van der Waals surface area contributed by atoms with E-state index in [0.717, 1.165) is 29.7 Å². The molecule has 0 saturated heterocycles. The summed E-state index contributed by atoms with van der Waals surface area (Å²) in [6.07, 6.45) is 4.18. The minimum atomic E-state index is -0.454. The molecule has 6 heteroatoms. The molecule has 1 aliphatic rings. The van der Waals surface area contributed by atoms with E-state index in [2.05, 4.69) is 9.88 Å². The predicted octanol–water partition coefficient (Wildman–Crippen LogP) is 3.30. The summed E-state index contributed by atoms with van der Waals surface area (Å²) >= 11 is 0. The summed E-state index contributed by atoms with van der Waals surface area (Å²) in [7, 11) is 4.01. The van der Waals surface area contributed by atoms with Gasteiger partial charge in [0.15, 0.2) is 5.43 Å². The van der Waals surface area contributed by atoms with E-state index in [4.69, 9.17) is 4.42 Å². The van der Waals surface area contributed by atoms with Gasteiger partial charge in [-0.2, -0.15) is 0 Å². The average Bonchev–Trinajstić information content (AvgIpc) is 2.97. The molecule has 0 spiro atoms. The van der Waals surface area contributed by atoms with Crippen LogP contribution in [0.1, 0.15) is 45.3 Å². The van der Waals surface area contributed by atoms with E-state index in [9.17, 15) is 9.59 Å².